The molecule has 0 radical (unpaired) electrons. The van der Waals surface area contributed by atoms with Crippen molar-refractivity contribution in [3.8, 4) is 11.5 Å². The van der Waals surface area contributed by atoms with E-state index in [1.54, 1.807) is 19.2 Å². The fourth-order valence-electron chi connectivity index (χ4n) is 1.83. The Morgan fingerprint density at radius 1 is 1.05 bits per heavy atom. The van der Waals surface area contributed by atoms with Crippen molar-refractivity contribution in [2.75, 3.05) is 20.3 Å². The Morgan fingerprint density at radius 2 is 1.77 bits per heavy atom. The van der Waals surface area contributed by atoms with Gasteiger partial charge in [0.15, 0.2) is 0 Å². The first kappa shape index (κ1) is 16.6. The zero-order valence-electron chi connectivity index (χ0n) is 12.4. The van der Waals surface area contributed by atoms with Crippen LogP contribution in [0.2, 0.25) is 5.02 Å². The van der Waals surface area contributed by atoms with Crippen molar-refractivity contribution in [3.63, 3.8) is 0 Å². The van der Waals surface area contributed by atoms with Gasteiger partial charge in [0.1, 0.15) is 24.2 Å². The first-order valence-electron chi connectivity index (χ1n) is 6.95. The third-order valence-corrected chi connectivity index (χ3v) is 3.32. The van der Waals surface area contributed by atoms with Crippen LogP contribution in [0.25, 0.3) is 0 Å². The summed E-state index contributed by atoms with van der Waals surface area (Å²) >= 11 is 5.97. The number of hydrogen-bond donors (Lipinski definition) is 1. The summed E-state index contributed by atoms with van der Waals surface area (Å²) in [6.07, 6.45) is -0.713. The van der Waals surface area contributed by atoms with Crippen LogP contribution in [0.3, 0.4) is 0 Å². The van der Waals surface area contributed by atoms with Gasteiger partial charge < -0.3 is 19.3 Å². The van der Waals surface area contributed by atoms with Crippen molar-refractivity contribution in [3.05, 3.63) is 59.1 Å². The summed E-state index contributed by atoms with van der Waals surface area (Å²) in [4.78, 5) is 0. The lowest BCUT2D eigenvalue weighted by Crippen LogP contribution is -2.23. The first-order chi connectivity index (χ1) is 10.7. The number of para-hydroxylation sites is 1. The molecule has 0 fully saturated rings. The van der Waals surface area contributed by atoms with Gasteiger partial charge in [-0.2, -0.15) is 0 Å². The van der Waals surface area contributed by atoms with Crippen LogP contribution in [0.5, 0.6) is 11.5 Å². The molecule has 1 atom stereocenters. The summed E-state index contributed by atoms with van der Waals surface area (Å²) in [5.41, 5.74) is 1.01. The van der Waals surface area contributed by atoms with Gasteiger partial charge in [0.25, 0.3) is 0 Å². The van der Waals surface area contributed by atoms with Gasteiger partial charge in [0.2, 0.25) is 0 Å². The lowest BCUT2D eigenvalue weighted by Gasteiger charge is -2.13. The summed E-state index contributed by atoms with van der Waals surface area (Å²) in [5.74, 6) is 1.36. The largest absolute Gasteiger partial charge is 0.497 e. The Hall–Kier alpha value is -1.75. The molecule has 2 rings (SSSR count). The quantitative estimate of drug-likeness (QED) is 0.810. The molecule has 0 saturated carbocycles. The predicted molar refractivity (Wildman–Crippen MR) is 85.6 cm³/mol. The second-order valence-electron chi connectivity index (χ2n) is 4.76. The fourth-order valence-corrected chi connectivity index (χ4v) is 2.02. The van der Waals surface area contributed by atoms with Gasteiger partial charge in [-0.15, -0.1) is 0 Å². The molecular formula is C17H19ClO4. The number of aliphatic hydroxyl groups is 1. The summed E-state index contributed by atoms with van der Waals surface area (Å²) in [6, 6.07) is 14.7. The second-order valence-corrected chi connectivity index (χ2v) is 5.17. The minimum Gasteiger partial charge on any atom is -0.497 e. The average molecular weight is 323 g/mol. The first-order valence-corrected chi connectivity index (χ1v) is 7.33. The zero-order chi connectivity index (χ0) is 15.8. The van der Waals surface area contributed by atoms with Crippen molar-refractivity contribution < 1.29 is 19.3 Å². The minimum absolute atomic E-state index is 0.131. The molecule has 0 saturated heterocycles. The van der Waals surface area contributed by atoms with Gasteiger partial charge in [-0.1, -0.05) is 35.9 Å². The van der Waals surface area contributed by atoms with Crippen LogP contribution in [-0.2, 0) is 11.3 Å². The number of rotatable bonds is 8. The molecule has 4 nitrogen and oxygen atoms in total. The summed E-state index contributed by atoms with van der Waals surface area (Å²) < 4.78 is 16.0. The summed E-state index contributed by atoms with van der Waals surface area (Å²) in [6.45, 7) is 0.746. The third-order valence-electron chi connectivity index (χ3n) is 3.01. The number of benzene rings is 2. The number of methoxy groups -OCH3 is 1. The molecule has 5 heteroatoms. The lowest BCUT2D eigenvalue weighted by molar-refractivity contribution is 0.00550. The van der Waals surface area contributed by atoms with Crippen LogP contribution >= 0.6 is 11.6 Å². The van der Waals surface area contributed by atoms with E-state index in [0.29, 0.717) is 17.4 Å². The molecule has 118 valence electrons. The van der Waals surface area contributed by atoms with E-state index in [1.807, 2.05) is 36.4 Å². The number of ether oxygens (including phenoxy) is 3. The van der Waals surface area contributed by atoms with Crippen LogP contribution in [-0.4, -0.2) is 31.5 Å². The van der Waals surface area contributed by atoms with Gasteiger partial charge in [0.05, 0.1) is 25.3 Å². The van der Waals surface area contributed by atoms with Crippen molar-refractivity contribution in [2.24, 2.45) is 0 Å². The molecule has 2 aromatic rings. The third kappa shape index (κ3) is 5.22. The van der Waals surface area contributed by atoms with E-state index in [-0.39, 0.29) is 13.2 Å². The topological polar surface area (TPSA) is 47.9 Å². The molecular weight excluding hydrogens is 304 g/mol. The SMILES string of the molecule is COc1ccc(COCC(O)COc2ccccc2Cl)cc1. The van der Waals surface area contributed by atoms with Crippen molar-refractivity contribution >= 4 is 11.6 Å². The molecule has 0 spiro atoms. The highest BCUT2D eigenvalue weighted by molar-refractivity contribution is 6.32. The molecule has 0 aromatic heterocycles. The molecule has 1 unspecified atom stereocenters. The van der Waals surface area contributed by atoms with Crippen LogP contribution in [0.4, 0.5) is 0 Å². The standard InChI is InChI=1S/C17H19ClO4/c1-20-15-8-6-13(7-9-15)10-21-11-14(19)12-22-17-5-3-2-4-16(17)18/h2-9,14,19H,10-12H2,1H3. The maximum Gasteiger partial charge on any atom is 0.138 e. The van der Waals surface area contributed by atoms with E-state index in [9.17, 15) is 5.11 Å². The maximum absolute atomic E-state index is 9.85. The fraction of sp³-hybridized carbons (Fsp3) is 0.294. The monoisotopic (exact) mass is 322 g/mol. The normalized spacial score (nSPS) is 12.0. The van der Waals surface area contributed by atoms with E-state index >= 15 is 0 Å². The minimum atomic E-state index is -0.713. The lowest BCUT2D eigenvalue weighted by atomic mass is 10.2. The summed E-state index contributed by atoms with van der Waals surface area (Å²) in [7, 11) is 1.63. The molecule has 0 amide bonds. The van der Waals surface area contributed by atoms with Crippen LogP contribution in [0, 0.1) is 0 Å². The molecule has 2 aromatic carbocycles. The zero-order valence-corrected chi connectivity index (χ0v) is 13.1. The molecule has 1 N–H and O–H groups in total. The number of halogens is 1. The summed E-state index contributed by atoms with van der Waals surface area (Å²) in [5, 5.41) is 10.4. The Balaban J connectivity index is 1.69. The Kier molecular flexibility index (Phi) is 6.52. The molecule has 0 heterocycles. The highest BCUT2D eigenvalue weighted by Crippen LogP contribution is 2.23. The van der Waals surface area contributed by atoms with Crippen LogP contribution in [0.15, 0.2) is 48.5 Å². The van der Waals surface area contributed by atoms with Gasteiger partial charge in [0, 0.05) is 0 Å². The van der Waals surface area contributed by atoms with E-state index in [1.165, 1.54) is 0 Å². The van der Waals surface area contributed by atoms with Crippen molar-refractivity contribution in [1.29, 1.82) is 0 Å². The molecule has 0 aliphatic rings. The Labute approximate surface area is 135 Å². The maximum atomic E-state index is 9.85. The van der Waals surface area contributed by atoms with Crippen molar-refractivity contribution in [1.82, 2.24) is 0 Å². The van der Waals surface area contributed by atoms with Gasteiger partial charge >= 0.3 is 0 Å². The highest BCUT2D eigenvalue weighted by atomic mass is 35.5. The van der Waals surface area contributed by atoms with E-state index < -0.39 is 6.10 Å². The average Bonchev–Trinajstić information content (AvgIpc) is 2.55. The smallest absolute Gasteiger partial charge is 0.138 e. The van der Waals surface area contributed by atoms with Crippen LogP contribution < -0.4 is 9.47 Å². The Bertz CT molecular complexity index is 571. The van der Waals surface area contributed by atoms with Gasteiger partial charge in [-0.25, -0.2) is 0 Å². The van der Waals surface area contributed by atoms with Gasteiger partial charge in [-0.05, 0) is 29.8 Å². The van der Waals surface area contributed by atoms with Gasteiger partial charge in [-0.3, -0.25) is 0 Å². The molecule has 0 aliphatic carbocycles. The van der Waals surface area contributed by atoms with E-state index in [4.69, 9.17) is 25.8 Å². The highest BCUT2D eigenvalue weighted by Gasteiger charge is 2.07. The molecule has 22 heavy (non-hydrogen) atoms. The van der Waals surface area contributed by atoms with Crippen molar-refractivity contribution in [2.45, 2.75) is 12.7 Å². The van der Waals surface area contributed by atoms with Crippen LogP contribution in [0.1, 0.15) is 5.56 Å². The Morgan fingerprint density at radius 3 is 2.45 bits per heavy atom. The number of aliphatic hydroxyl groups excluding tert-OH is 1. The molecule has 0 aliphatic heterocycles. The predicted octanol–water partition coefficient (Wildman–Crippen LogP) is 3.31. The second kappa shape index (κ2) is 8.63. The number of hydrogen-bond acceptors (Lipinski definition) is 4. The van der Waals surface area contributed by atoms with E-state index in [0.717, 1.165) is 11.3 Å². The van der Waals surface area contributed by atoms with E-state index in [2.05, 4.69) is 0 Å². The molecule has 0 bridgehead atoms.